The Labute approximate surface area is 136 Å². The van der Waals surface area contributed by atoms with Gasteiger partial charge in [0.05, 0.1) is 14.2 Å². The Bertz CT molecular complexity index is 735. The van der Waals surface area contributed by atoms with E-state index >= 15 is 0 Å². The summed E-state index contributed by atoms with van der Waals surface area (Å²) in [6.07, 6.45) is 3.20. The first-order valence-corrected chi connectivity index (χ1v) is 7.32. The lowest BCUT2D eigenvalue weighted by Crippen LogP contribution is -2.09. The molecule has 0 bridgehead atoms. The minimum atomic E-state index is -0.191. The number of hydrogen-bond donors (Lipinski definition) is 1. The first kappa shape index (κ1) is 16.6. The molecule has 0 aromatic heterocycles. The highest BCUT2D eigenvalue weighted by Gasteiger charge is 2.05. The van der Waals surface area contributed by atoms with E-state index in [-0.39, 0.29) is 5.91 Å². The van der Waals surface area contributed by atoms with E-state index in [2.05, 4.69) is 5.32 Å². The highest BCUT2D eigenvalue weighted by Crippen LogP contribution is 2.25. The molecule has 0 saturated carbocycles. The van der Waals surface area contributed by atoms with Crippen molar-refractivity contribution in [3.05, 3.63) is 59.2 Å². The average Bonchev–Trinajstić information content (AvgIpc) is 2.56. The van der Waals surface area contributed by atoms with Crippen molar-refractivity contribution in [1.29, 1.82) is 0 Å². The molecule has 0 heterocycles. The highest BCUT2D eigenvalue weighted by molar-refractivity contribution is 6.02. The van der Waals surface area contributed by atoms with E-state index in [4.69, 9.17) is 9.47 Å². The number of benzene rings is 2. The van der Waals surface area contributed by atoms with E-state index in [1.54, 1.807) is 26.4 Å². The maximum absolute atomic E-state index is 12.1. The third-order valence-electron chi connectivity index (χ3n) is 3.50. The van der Waals surface area contributed by atoms with Crippen molar-refractivity contribution in [2.45, 2.75) is 13.8 Å². The van der Waals surface area contributed by atoms with Gasteiger partial charge in [-0.05, 0) is 55.3 Å². The fraction of sp³-hybridized carbons (Fsp3) is 0.211. The summed E-state index contributed by atoms with van der Waals surface area (Å²) in [5, 5.41) is 2.89. The highest BCUT2D eigenvalue weighted by atomic mass is 16.5. The minimum absolute atomic E-state index is 0.191. The minimum Gasteiger partial charge on any atom is -0.497 e. The Hall–Kier alpha value is -2.75. The lowest BCUT2D eigenvalue weighted by Gasteiger charge is -2.08. The van der Waals surface area contributed by atoms with Crippen LogP contribution in [0.1, 0.15) is 16.7 Å². The van der Waals surface area contributed by atoms with Crippen molar-refractivity contribution in [3.8, 4) is 11.5 Å². The predicted octanol–water partition coefficient (Wildman–Crippen LogP) is 3.97. The SMILES string of the molecule is COc1ccc(OC)c(/C=C/C(=O)Nc2cc(C)ccc2C)c1. The van der Waals surface area contributed by atoms with Gasteiger partial charge in [-0.25, -0.2) is 0 Å². The molecule has 0 spiro atoms. The van der Waals surface area contributed by atoms with Crippen LogP contribution in [0.4, 0.5) is 5.69 Å². The van der Waals surface area contributed by atoms with Crippen molar-refractivity contribution in [2.75, 3.05) is 19.5 Å². The lowest BCUT2D eigenvalue weighted by atomic mass is 10.1. The molecule has 1 N–H and O–H groups in total. The van der Waals surface area contributed by atoms with E-state index in [0.717, 1.165) is 22.4 Å². The molecule has 2 aromatic carbocycles. The summed E-state index contributed by atoms with van der Waals surface area (Å²) in [6.45, 7) is 3.95. The number of aryl methyl sites for hydroxylation is 2. The van der Waals surface area contributed by atoms with Gasteiger partial charge in [0.15, 0.2) is 0 Å². The first-order chi connectivity index (χ1) is 11.0. The number of anilines is 1. The van der Waals surface area contributed by atoms with Crippen molar-refractivity contribution in [3.63, 3.8) is 0 Å². The normalized spacial score (nSPS) is 10.6. The molecule has 0 radical (unpaired) electrons. The predicted molar refractivity (Wildman–Crippen MR) is 93.1 cm³/mol. The van der Waals surface area contributed by atoms with Crippen LogP contribution in [-0.4, -0.2) is 20.1 Å². The summed E-state index contributed by atoms with van der Waals surface area (Å²) in [4.78, 5) is 12.1. The molecule has 23 heavy (non-hydrogen) atoms. The van der Waals surface area contributed by atoms with Crippen LogP contribution in [0.15, 0.2) is 42.5 Å². The number of nitrogens with one attached hydrogen (secondary N) is 1. The van der Waals surface area contributed by atoms with E-state index in [1.807, 2.05) is 44.2 Å². The summed E-state index contributed by atoms with van der Waals surface area (Å²) in [7, 11) is 3.19. The summed E-state index contributed by atoms with van der Waals surface area (Å²) in [6, 6.07) is 11.4. The third kappa shape index (κ3) is 4.36. The molecule has 0 aliphatic rings. The molecule has 0 saturated heterocycles. The van der Waals surface area contributed by atoms with Crippen LogP contribution in [0.25, 0.3) is 6.08 Å². The van der Waals surface area contributed by atoms with Gasteiger partial charge in [-0.1, -0.05) is 12.1 Å². The Kier molecular flexibility index (Phi) is 5.41. The van der Waals surface area contributed by atoms with Crippen molar-refractivity contribution in [2.24, 2.45) is 0 Å². The lowest BCUT2D eigenvalue weighted by molar-refractivity contribution is -0.111. The Balaban J connectivity index is 2.16. The summed E-state index contributed by atoms with van der Waals surface area (Å²) >= 11 is 0. The van der Waals surface area contributed by atoms with Crippen LogP contribution in [-0.2, 0) is 4.79 Å². The molecule has 4 heteroatoms. The number of methoxy groups -OCH3 is 2. The number of carbonyl (C=O) groups is 1. The standard InChI is InChI=1S/C19H21NO3/c1-13-5-6-14(2)17(11-13)20-19(21)10-7-15-12-16(22-3)8-9-18(15)23-4/h5-12H,1-4H3,(H,20,21)/b10-7+. The summed E-state index contributed by atoms with van der Waals surface area (Å²) < 4.78 is 10.5. The zero-order valence-corrected chi connectivity index (χ0v) is 13.8. The second-order valence-electron chi connectivity index (χ2n) is 5.25. The molecule has 0 atom stereocenters. The number of amides is 1. The quantitative estimate of drug-likeness (QED) is 0.850. The monoisotopic (exact) mass is 311 g/mol. The number of ether oxygens (including phenoxy) is 2. The van der Waals surface area contributed by atoms with Crippen LogP contribution in [0, 0.1) is 13.8 Å². The molecule has 1 amide bonds. The Morgan fingerprint density at radius 1 is 1.04 bits per heavy atom. The van der Waals surface area contributed by atoms with Crippen molar-refractivity contribution >= 4 is 17.7 Å². The molecule has 0 aliphatic carbocycles. The van der Waals surface area contributed by atoms with Crippen LogP contribution in [0.5, 0.6) is 11.5 Å². The average molecular weight is 311 g/mol. The molecule has 4 nitrogen and oxygen atoms in total. The van der Waals surface area contributed by atoms with E-state index in [0.29, 0.717) is 11.5 Å². The maximum atomic E-state index is 12.1. The van der Waals surface area contributed by atoms with Gasteiger partial charge in [0, 0.05) is 17.3 Å². The molecular weight excluding hydrogens is 290 g/mol. The maximum Gasteiger partial charge on any atom is 0.248 e. The second-order valence-corrected chi connectivity index (χ2v) is 5.25. The molecule has 0 unspecified atom stereocenters. The van der Waals surface area contributed by atoms with E-state index in [9.17, 15) is 4.79 Å². The van der Waals surface area contributed by atoms with Crippen LogP contribution in [0.2, 0.25) is 0 Å². The summed E-state index contributed by atoms with van der Waals surface area (Å²) in [5.41, 5.74) is 3.72. The van der Waals surface area contributed by atoms with Gasteiger partial charge in [-0.2, -0.15) is 0 Å². The topological polar surface area (TPSA) is 47.6 Å². The zero-order chi connectivity index (χ0) is 16.8. The van der Waals surface area contributed by atoms with Gasteiger partial charge in [0.1, 0.15) is 11.5 Å². The fourth-order valence-corrected chi connectivity index (χ4v) is 2.18. The Morgan fingerprint density at radius 3 is 2.52 bits per heavy atom. The Morgan fingerprint density at radius 2 is 1.83 bits per heavy atom. The van der Waals surface area contributed by atoms with Crippen molar-refractivity contribution < 1.29 is 14.3 Å². The molecular formula is C19H21NO3. The first-order valence-electron chi connectivity index (χ1n) is 7.32. The smallest absolute Gasteiger partial charge is 0.248 e. The van der Waals surface area contributed by atoms with E-state index in [1.165, 1.54) is 6.08 Å². The molecule has 2 rings (SSSR count). The van der Waals surface area contributed by atoms with Gasteiger partial charge < -0.3 is 14.8 Å². The van der Waals surface area contributed by atoms with Gasteiger partial charge in [-0.15, -0.1) is 0 Å². The third-order valence-corrected chi connectivity index (χ3v) is 3.50. The van der Waals surface area contributed by atoms with Gasteiger partial charge in [-0.3, -0.25) is 4.79 Å². The zero-order valence-electron chi connectivity index (χ0n) is 13.8. The van der Waals surface area contributed by atoms with Crippen molar-refractivity contribution in [1.82, 2.24) is 0 Å². The molecule has 2 aromatic rings. The largest absolute Gasteiger partial charge is 0.497 e. The number of carbonyl (C=O) groups excluding carboxylic acids is 1. The summed E-state index contributed by atoms with van der Waals surface area (Å²) in [5.74, 6) is 1.20. The molecule has 0 fully saturated rings. The van der Waals surface area contributed by atoms with Crippen LogP contribution in [0.3, 0.4) is 0 Å². The fourth-order valence-electron chi connectivity index (χ4n) is 2.18. The van der Waals surface area contributed by atoms with Crippen LogP contribution >= 0.6 is 0 Å². The van der Waals surface area contributed by atoms with E-state index < -0.39 is 0 Å². The van der Waals surface area contributed by atoms with Crippen LogP contribution < -0.4 is 14.8 Å². The van der Waals surface area contributed by atoms with Gasteiger partial charge >= 0.3 is 0 Å². The molecule has 0 aliphatic heterocycles. The molecule has 120 valence electrons. The second kappa shape index (κ2) is 7.49. The number of hydrogen-bond acceptors (Lipinski definition) is 3. The van der Waals surface area contributed by atoms with Gasteiger partial charge in [0.25, 0.3) is 0 Å². The van der Waals surface area contributed by atoms with Gasteiger partial charge in [0.2, 0.25) is 5.91 Å². The number of rotatable bonds is 5.